The summed E-state index contributed by atoms with van der Waals surface area (Å²) < 4.78 is 0.989. The van der Waals surface area contributed by atoms with E-state index < -0.39 is 5.91 Å². The second kappa shape index (κ2) is 8.78. The van der Waals surface area contributed by atoms with Crippen molar-refractivity contribution in [1.29, 1.82) is 5.26 Å². The summed E-state index contributed by atoms with van der Waals surface area (Å²) in [7, 11) is 0. The predicted octanol–water partition coefficient (Wildman–Crippen LogP) is 2.34. The van der Waals surface area contributed by atoms with Crippen LogP contribution in [0, 0.1) is 11.3 Å². The van der Waals surface area contributed by atoms with Gasteiger partial charge in [-0.25, -0.2) is 4.98 Å². The van der Waals surface area contributed by atoms with Gasteiger partial charge in [-0.15, -0.1) is 11.3 Å². The Balaban J connectivity index is 1.60. The van der Waals surface area contributed by atoms with Gasteiger partial charge in [-0.2, -0.15) is 5.26 Å². The van der Waals surface area contributed by atoms with Gasteiger partial charge in [0.2, 0.25) is 11.8 Å². The zero-order valence-electron chi connectivity index (χ0n) is 14.4. The van der Waals surface area contributed by atoms with Crippen LogP contribution >= 0.6 is 11.3 Å². The summed E-state index contributed by atoms with van der Waals surface area (Å²) in [6.45, 7) is -0.234. The van der Waals surface area contributed by atoms with Gasteiger partial charge in [0, 0.05) is 11.4 Å². The highest BCUT2D eigenvalue weighted by Gasteiger charge is 2.11. The first kappa shape index (κ1) is 18.4. The van der Waals surface area contributed by atoms with E-state index in [1.165, 1.54) is 11.3 Å². The molecule has 0 bridgehead atoms. The quantitative estimate of drug-likeness (QED) is 0.546. The smallest absolute Gasteiger partial charge is 0.240 e. The molecule has 0 saturated carbocycles. The van der Waals surface area contributed by atoms with Crippen molar-refractivity contribution < 1.29 is 9.59 Å². The molecule has 0 aliphatic carbocycles. The summed E-state index contributed by atoms with van der Waals surface area (Å²) in [6.07, 6.45) is 0.103. The minimum atomic E-state index is -0.397. The molecule has 0 aliphatic heterocycles. The summed E-state index contributed by atoms with van der Waals surface area (Å²) in [5, 5.41) is 17.3. The Kier molecular flexibility index (Phi) is 5.97. The van der Waals surface area contributed by atoms with Crippen LogP contribution in [0.2, 0.25) is 0 Å². The Morgan fingerprint density at radius 3 is 2.63 bits per heavy atom. The number of benzene rings is 2. The monoisotopic (exact) mass is 379 g/mol. The summed E-state index contributed by atoms with van der Waals surface area (Å²) in [6, 6.07) is 17.5. The lowest BCUT2D eigenvalue weighted by Crippen LogP contribution is -2.37. The van der Waals surface area contributed by atoms with Gasteiger partial charge in [-0.3, -0.25) is 9.59 Å². The van der Waals surface area contributed by atoms with Crippen LogP contribution in [0.25, 0.3) is 10.2 Å². The maximum atomic E-state index is 12.0. The largest absolute Gasteiger partial charge is 0.355 e. The third-order valence-corrected chi connectivity index (χ3v) is 4.65. The van der Waals surface area contributed by atoms with Crippen LogP contribution in [0.1, 0.15) is 5.01 Å². The van der Waals surface area contributed by atoms with Crippen LogP contribution in [0.3, 0.4) is 0 Å². The van der Waals surface area contributed by atoms with E-state index in [-0.39, 0.29) is 25.4 Å². The van der Waals surface area contributed by atoms with Crippen molar-refractivity contribution in [3.8, 4) is 6.07 Å². The zero-order valence-corrected chi connectivity index (χ0v) is 15.2. The van der Waals surface area contributed by atoms with E-state index in [2.05, 4.69) is 20.9 Å². The molecule has 1 aromatic heterocycles. The van der Waals surface area contributed by atoms with Crippen molar-refractivity contribution in [2.24, 2.45) is 0 Å². The maximum absolute atomic E-state index is 12.0. The number of thiazole rings is 1. The lowest BCUT2D eigenvalue weighted by atomic mass is 10.2. The molecule has 7 nitrogen and oxygen atoms in total. The molecule has 3 rings (SSSR count). The molecule has 2 aromatic carbocycles. The van der Waals surface area contributed by atoms with Crippen LogP contribution in [-0.2, 0) is 16.0 Å². The Labute approximate surface area is 160 Å². The molecular formula is C19H17N5O2S. The standard InChI is InChI=1S/C19H17N5O2S/c20-8-9-21-18(26)12-22-17(25)11-19-24-15-10-14(6-7-16(15)27-19)23-13-4-2-1-3-5-13/h1-7,10,23H,9,11-12H2,(H,21,26)(H,22,25). The highest BCUT2D eigenvalue weighted by atomic mass is 32.1. The number of rotatable bonds is 7. The summed E-state index contributed by atoms with van der Waals surface area (Å²) in [5.41, 5.74) is 2.72. The molecule has 0 atom stereocenters. The zero-order chi connectivity index (χ0) is 19.1. The second-order valence-corrected chi connectivity index (χ2v) is 6.78. The third kappa shape index (κ3) is 5.26. The van der Waals surface area contributed by atoms with Gasteiger partial charge in [0.1, 0.15) is 11.6 Å². The van der Waals surface area contributed by atoms with E-state index in [0.717, 1.165) is 21.6 Å². The van der Waals surface area contributed by atoms with E-state index in [9.17, 15) is 9.59 Å². The Hall–Kier alpha value is -3.44. The van der Waals surface area contributed by atoms with Crippen LogP contribution in [0.5, 0.6) is 0 Å². The van der Waals surface area contributed by atoms with Crippen molar-refractivity contribution in [1.82, 2.24) is 15.6 Å². The number of hydrogen-bond donors (Lipinski definition) is 3. The molecule has 0 fully saturated rings. The number of para-hydroxylation sites is 1. The number of amides is 2. The minimum absolute atomic E-state index is 0.0775. The van der Waals surface area contributed by atoms with Gasteiger partial charge >= 0.3 is 0 Å². The average Bonchev–Trinajstić information content (AvgIpc) is 3.07. The van der Waals surface area contributed by atoms with Crippen LogP contribution < -0.4 is 16.0 Å². The number of carbonyl (C=O) groups is 2. The number of anilines is 2. The van der Waals surface area contributed by atoms with Crippen LogP contribution in [0.4, 0.5) is 11.4 Å². The lowest BCUT2D eigenvalue weighted by Gasteiger charge is -2.05. The number of aromatic nitrogens is 1. The molecule has 0 unspecified atom stereocenters. The number of nitriles is 1. The fraction of sp³-hybridized carbons (Fsp3) is 0.158. The van der Waals surface area contributed by atoms with Gasteiger partial charge in [-0.1, -0.05) is 18.2 Å². The maximum Gasteiger partial charge on any atom is 0.240 e. The number of fused-ring (bicyclic) bond motifs is 1. The van der Waals surface area contributed by atoms with Gasteiger partial charge in [0.25, 0.3) is 0 Å². The minimum Gasteiger partial charge on any atom is -0.355 e. The predicted molar refractivity (Wildman–Crippen MR) is 105 cm³/mol. The molecule has 3 aromatic rings. The van der Waals surface area contributed by atoms with Gasteiger partial charge in [0.05, 0.1) is 29.3 Å². The second-order valence-electron chi connectivity index (χ2n) is 5.67. The van der Waals surface area contributed by atoms with E-state index in [4.69, 9.17) is 5.26 Å². The average molecular weight is 379 g/mol. The Bertz CT molecular complexity index is 994. The Morgan fingerprint density at radius 1 is 1.04 bits per heavy atom. The molecule has 2 amide bonds. The summed E-state index contributed by atoms with van der Waals surface area (Å²) in [4.78, 5) is 27.9. The summed E-state index contributed by atoms with van der Waals surface area (Å²) in [5.74, 6) is -0.686. The van der Waals surface area contributed by atoms with Crippen LogP contribution in [0.15, 0.2) is 48.5 Å². The molecule has 0 radical (unpaired) electrons. The number of nitrogens with zero attached hydrogens (tertiary/aromatic N) is 2. The molecule has 1 heterocycles. The molecule has 0 spiro atoms. The first-order chi connectivity index (χ1) is 13.1. The molecule has 0 saturated heterocycles. The number of nitrogens with one attached hydrogen (secondary N) is 3. The van der Waals surface area contributed by atoms with Crippen molar-refractivity contribution in [2.45, 2.75) is 6.42 Å². The van der Waals surface area contributed by atoms with Crippen molar-refractivity contribution in [2.75, 3.05) is 18.4 Å². The normalized spacial score (nSPS) is 10.2. The van der Waals surface area contributed by atoms with E-state index in [1.54, 1.807) is 6.07 Å². The molecular weight excluding hydrogens is 362 g/mol. The summed E-state index contributed by atoms with van der Waals surface area (Å²) >= 11 is 1.45. The first-order valence-electron chi connectivity index (χ1n) is 8.26. The highest BCUT2D eigenvalue weighted by Crippen LogP contribution is 2.26. The third-order valence-electron chi connectivity index (χ3n) is 3.62. The molecule has 136 valence electrons. The van der Waals surface area contributed by atoms with Crippen molar-refractivity contribution in [3.63, 3.8) is 0 Å². The highest BCUT2D eigenvalue weighted by molar-refractivity contribution is 7.18. The van der Waals surface area contributed by atoms with Gasteiger partial charge < -0.3 is 16.0 Å². The molecule has 0 aliphatic rings. The molecule has 27 heavy (non-hydrogen) atoms. The fourth-order valence-electron chi connectivity index (χ4n) is 2.40. The van der Waals surface area contributed by atoms with Gasteiger partial charge in [0.15, 0.2) is 0 Å². The number of hydrogen-bond acceptors (Lipinski definition) is 6. The van der Waals surface area contributed by atoms with Crippen molar-refractivity contribution >= 4 is 44.7 Å². The molecule has 8 heteroatoms. The fourth-order valence-corrected chi connectivity index (χ4v) is 3.34. The SMILES string of the molecule is N#CCNC(=O)CNC(=O)Cc1nc2cc(Nc3ccccc3)ccc2s1. The molecule has 3 N–H and O–H groups in total. The Morgan fingerprint density at radius 2 is 1.85 bits per heavy atom. The topological polar surface area (TPSA) is 107 Å². The lowest BCUT2D eigenvalue weighted by molar-refractivity contribution is -0.125. The van der Waals surface area contributed by atoms with E-state index in [0.29, 0.717) is 5.01 Å². The van der Waals surface area contributed by atoms with E-state index >= 15 is 0 Å². The first-order valence-corrected chi connectivity index (χ1v) is 9.07. The van der Waals surface area contributed by atoms with E-state index in [1.807, 2.05) is 48.5 Å². The van der Waals surface area contributed by atoms with Crippen LogP contribution in [-0.4, -0.2) is 29.9 Å². The van der Waals surface area contributed by atoms with Crippen molar-refractivity contribution in [3.05, 3.63) is 53.5 Å². The van der Waals surface area contributed by atoms with Gasteiger partial charge in [-0.05, 0) is 30.3 Å². The number of carbonyl (C=O) groups excluding carboxylic acids is 2.